The topological polar surface area (TPSA) is 33.0 Å². The van der Waals surface area contributed by atoms with Gasteiger partial charge in [0, 0.05) is 0 Å². The third-order valence-electron chi connectivity index (χ3n) is 2.79. The fourth-order valence-corrected chi connectivity index (χ4v) is 4.12. The summed E-state index contributed by atoms with van der Waals surface area (Å²) in [5.74, 6) is 0.463. The van der Waals surface area contributed by atoms with Gasteiger partial charge in [0.25, 0.3) is 0 Å². The van der Waals surface area contributed by atoms with Crippen LogP contribution in [0.2, 0.25) is 0 Å². The molecule has 0 saturated heterocycles. The quantitative estimate of drug-likeness (QED) is 0.331. The van der Waals surface area contributed by atoms with Crippen molar-refractivity contribution in [3.8, 4) is 11.8 Å². The Labute approximate surface area is 149 Å². The van der Waals surface area contributed by atoms with Gasteiger partial charge in [-0.1, -0.05) is 12.1 Å². The van der Waals surface area contributed by atoms with Crippen molar-refractivity contribution in [3.05, 3.63) is 60.5 Å². The highest BCUT2D eigenvalue weighted by Gasteiger charge is 2.08. The van der Waals surface area contributed by atoms with Gasteiger partial charge in [-0.2, -0.15) is 5.26 Å². The summed E-state index contributed by atoms with van der Waals surface area (Å²) >= 11 is 4.38. The summed E-state index contributed by atoms with van der Waals surface area (Å²) in [5, 5.41) is 9.30. The van der Waals surface area contributed by atoms with E-state index in [1.807, 2.05) is 12.1 Å². The number of nitriles is 1. The lowest BCUT2D eigenvalue weighted by Crippen LogP contribution is -1.92. The van der Waals surface area contributed by atoms with Gasteiger partial charge in [0.15, 0.2) is 0 Å². The maximum atomic E-state index is 13.3. The standard InChI is InChI=1S/C16H10FI2NO/c1-21-16-14(18)6-10(7-15(16)19)5-12(9-20)11-3-2-4-13(17)8-11/h2-8H,1H3/b12-5-. The molecule has 0 heterocycles. The van der Waals surface area contributed by atoms with E-state index in [4.69, 9.17) is 4.74 Å². The van der Waals surface area contributed by atoms with E-state index in [1.54, 1.807) is 25.3 Å². The first-order valence-electron chi connectivity index (χ1n) is 5.96. The molecule has 0 amide bonds. The normalized spacial score (nSPS) is 11.1. The van der Waals surface area contributed by atoms with Gasteiger partial charge in [-0.25, -0.2) is 4.39 Å². The predicted molar refractivity (Wildman–Crippen MR) is 98.3 cm³/mol. The summed E-state index contributed by atoms with van der Waals surface area (Å²) in [4.78, 5) is 0. The van der Waals surface area contributed by atoms with Gasteiger partial charge in [0.2, 0.25) is 0 Å². The lowest BCUT2D eigenvalue weighted by molar-refractivity contribution is 0.409. The molecule has 0 aliphatic carbocycles. The Kier molecular flexibility index (Phi) is 5.58. The Hall–Kier alpha value is -1.14. The van der Waals surface area contributed by atoms with Gasteiger partial charge in [0.05, 0.1) is 25.9 Å². The minimum atomic E-state index is -0.354. The fourth-order valence-electron chi connectivity index (χ4n) is 1.86. The molecule has 0 aromatic heterocycles. The molecule has 0 spiro atoms. The van der Waals surface area contributed by atoms with Crippen LogP contribution >= 0.6 is 45.2 Å². The van der Waals surface area contributed by atoms with Gasteiger partial charge in [0.1, 0.15) is 11.6 Å². The molecule has 21 heavy (non-hydrogen) atoms. The summed E-state index contributed by atoms with van der Waals surface area (Å²) in [7, 11) is 1.63. The Morgan fingerprint density at radius 3 is 2.43 bits per heavy atom. The van der Waals surface area contributed by atoms with Gasteiger partial charge in [-0.15, -0.1) is 0 Å². The van der Waals surface area contributed by atoms with E-state index in [0.29, 0.717) is 11.1 Å². The maximum Gasteiger partial charge on any atom is 0.145 e. The smallest absolute Gasteiger partial charge is 0.145 e. The van der Waals surface area contributed by atoms with E-state index >= 15 is 0 Å². The number of halogens is 3. The summed E-state index contributed by atoms with van der Waals surface area (Å²) < 4.78 is 20.5. The summed E-state index contributed by atoms with van der Waals surface area (Å²) in [6.45, 7) is 0. The van der Waals surface area contributed by atoms with Crippen LogP contribution in [-0.4, -0.2) is 7.11 Å². The van der Waals surface area contributed by atoms with E-state index in [1.165, 1.54) is 12.1 Å². The average Bonchev–Trinajstić information content (AvgIpc) is 2.44. The van der Waals surface area contributed by atoms with Crippen molar-refractivity contribution in [1.29, 1.82) is 5.26 Å². The molecule has 0 aliphatic rings. The van der Waals surface area contributed by atoms with Crippen molar-refractivity contribution in [2.45, 2.75) is 0 Å². The number of rotatable bonds is 3. The van der Waals surface area contributed by atoms with Crippen LogP contribution < -0.4 is 4.74 Å². The highest BCUT2D eigenvalue weighted by molar-refractivity contribution is 14.1. The lowest BCUT2D eigenvalue weighted by atomic mass is 10.0. The Bertz CT molecular complexity index is 727. The summed E-state index contributed by atoms with van der Waals surface area (Å²) in [5.41, 5.74) is 1.87. The van der Waals surface area contributed by atoms with Gasteiger partial charge >= 0.3 is 0 Å². The van der Waals surface area contributed by atoms with E-state index in [2.05, 4.69) is 51.3 Å². The molecular formula is C16H10FI2NO. The SMILES string of the molecule is COc1c(I)cc(/C=C(/C#N)c2cccc(F)c2)cc1I. The molecule has 0 atom stereocenters. The molecule has 0 bridgehead atoms. The number of ether oxygens (including phenoxy) is 1. The van der Waals surface area contributed by atoms with Crippen molar-refractivity contribution < 1.29 is 9.13 Å². The molecule has 2 aromatic rings. The monoisotopic (exact) mass is 505 g/mol. The molecule has 2 rings (SSSR count). The lowest BCUT2D eigenvalue weighted by Gasteiger charge is -2.08. The number of benzene rings is 2. The summed E-state index contributed by atoms with van der Waals surface area (Å²) in [6, 6.07) is 12.0. The third-order valence-corrected chi connectivity index (χ3v) is 4.39. The fraction of sp³-hybridized carbons (Fsp3) is 0.0625. The van der Waals surface area contributed by atoms with E-state index in [0.717, 1.165) is 18.5 Å². The molecule has 2 aromatic carbocycles. The van der Waals surface area contributed by atoms with Crippen LogP contribution in [0.15, 0.2) is 36.4 Å². The number of hydrogen-bond acceptors (Lipinski definition) is 2. The van der Waals surface area contributed by atoms with Crippen LogP contribution in [0.1, 0.15) is 11.1 Å². The van der Waals surface area contributed by atoms with E-state index in [-0.39, 0.29) is 5.82 Å². The second-order valence-corrected chi connectivity index (χ2v) is 6.52. The number of allylic oxidation sites excluding steroid dienone is 1. The van der Waals surface area contributed by atoms with Crippen molar-refractivity contribution in [2.24, 2.45) is 0 Å². The zero-order valence-corrected chi connectivity index (χ0v) is 15.3. The third kappa shape index (κ3) is 3.95. The van der Waals surface area contributed by atoms with Crippen LogP contribution in [0, 0.1) is 24.3 Å². The van der Waals surface area contributed by atoms with Crippen LogP contribution in [0.4, 0.5) is 4.39 Å². The minimum absolute atomic E-state index is 0.354. The molecule has 0 N–H and O–H groups in total. The van der Waals surface area contributed by atoms with Crippen LogP contribution in [0.3, 0.4) is 0 Å². The number of methoxy groups -OCH3 is 1. The van der Waals surface area contributed by atoms with Gasteiger partial charge < -0.3 is 4.74 Å². The zero-order valence-electron chi connectivity index (χ0n) is 11.0. The van der Waals surface area contributed by atoms with E-state index in [9.17, 15) is 9.65 Å². The Morgan fingerprint density at radius 2 is 1.90 bits per heavy atom. The first-order valence-corrected chi connectivity index (χ1v) is 8.11. The molecule has 0 aliphatic heterocycles. The Morgan fingerprint density at radius 1 is 1.24 bits per heavy atom. The molecule has 0 unspecified atom stereocenters. The molecule has 2 nitrogen and oxygen atoms in total. The van der Waals surface area contributed by atoms with Gasteiger partial charge in [-0.3, -0.25) is 0 Å². The van der Waals surface area contributed by atoms with Crippen LogP contribution in [0.5, 0.6) is 5.75 Å². The second-order valence-electron chi connectivity index (χ2n) is 4.20. The van der Waals surface area contributed by atoms with Crippen LogP contribution in [0.25, 0.3) is 11.6 Å². The van der Waals surface area contributed by atoms with Crippen molar-refractivity contribution >= 4 is 56.8 Å². The molecular weight excluding hydrogens is 495 g/mol. The molecule has 106 valence electrons. The van der Waals surface area contributed by atoms with E-state index < -0.39 is 0 Å². The molecule has 0 fully saturated rings. The molecule has 0 saturated carbocycles. The first kappa shape index (κ1) is 16.2. The average molecular weight is 505 g/mol. The molecule has 5 heteroatoms. The predicted octanol–water partition coefficient (Wildman–Crippen LogP) is 5.11. The van der Waals surface area contributed by atoms with Crippen molar-refractivity contribution in [3.63, 3.8) is 0 Å². The first-order chi connectivity index (χ1) is 10.0. The van der Waals surface area contributed by atoms with Gasteiger partial charge in [-0.05, 0) is 86.7 Å². The molecule has 0 radical (unpaired) electrons. The van der Waals surface area contributed by atoms with Crippen LogP contribution in [-0.2, 0) is 0 Å². The number of hydrogen-bond donors (Lipinski definition) is 0. The van der Waals surface area contributed by atoms with Crippen molar-refractivity contribution in [2.75, 3.05) is 7.11 Å². The minimum Gasteiger partial charge on any atom is -0.495 e. The highest BCUT2D eigenvalue weighted by Crippen LogP contribution is 2.30. The zero-order chi connectivity index (χ0) is 15.4. The maximum absolute atomic E-state index is 13.3. The highest BCUT2D eigenvalue weighted by atomic mass is 127. The van der Waals surface area contributed by atoms with Crippen molar-refractivity contribution in [1.82, 2.24) is 0 Å². The second kappa shape index (κ2) is 7.22. The number of nitrogens with zero attached hydrogens (tertiary/aromatic N) is 1. The summed E-state index contributed by atoms with van der Waals surface area (Å²) in [6.07, 6.45) is 1.75. The Balaban J connectivity index is 2.49. The largest absolute Gasteiger partial charge is 0.495 e.